The van der Waals surface area contributed by atoms with Crippen LogP contribution < -0.4 is 10.6 Å². The monoisotopic (exact) mass is 902 g/mol. The number of aromatic nitrogens is 4. The zero-order valence-corrected chi connectivity index (χ0v) is 38.0. The Labute approximate surface area is 381 Å². The fourth-order valence-corrected chi connectivity index (χ4v) is 11.3. The molecule has 2 saturated heterocycles. The van der Waals surface area contributed by atoms with Crippen LogP contribution in [0, 0.1) is 23.2 Å². The molecule has 2 aliphatic heterocycles. The maximum Gasteiger partial charge on any atom is 0.407 e. The average molecular weight is 903 g/mol. The number of H-pyrrole nitrogens is 1. The number of likely N-dealkylation sites (tertiary alicyclic amines) is 2. The topological polar surface area (TPSA) is 167 Å². The Kier molecular flexibility index (Phi) is 10.4. The van der Waals surface area contributed by atoms with Crippen LogP contribution in [-0.4, -0.2) is 91.7 Å². The fourth-order valence-electron chi connectivity index (χ4n) is 11.3. The molecule has 0 radical (unpaired) electrons. The zero-order valence-electron chi connectivity index (χ0n) is 38.0. The molecule has 66 heavy (non-hydrogen) atoms. The van der Waals surface area contributed by atoms with Crippen molar-refractivity contribution in [2.75, 3.05) is 20.8 Å². The number of aromatic amines is 1. The van der Waals surface area contributed by atoms with Crippen LogP contribution in [0.1, 0.15) is 101 Å². The minimum Gasteiger partial charge on any atom is -0.453 e. The third-order valence-corrected chi connectivity index (χ3v) is 15.0. The van der Waals surface area contributed by atoms with Crippen molar-refractivity contribution in [1.82, 2.24) is 40.1 Å². The van der Waals surface area contributed by atoms with Gasteiger partial charge in [0.2, 0.25) is 5.91 Å². The minimum absolute atomic E-state index is 0.00522. The molecule has 2 saturated carbocycles. The fraction of sp³-hybridized carbons (Fsp3) is 0.460. The Morgan fingerprint density at radius 2 is 1.50 bits per heavy atom. The first-order chi connectivity index (χ1) is 31.5. The summed E-state index contributed by atoms with van der Waals surface area (Å²) in [5.74, 6) is -2.40. The minimum atomic E-state index is -3.34. The number of piperidine rings is 1. The number of imidazole rings is 2. The van der Waals surface area contributed by atoms with Gasteiger partial charge in [-0.25, -0.2) is 19.6 Å². The number of nitrogens with one attached hydrogen (secondary N) is 3. The van der Waals surface area contributed by atoms with Crippen molar-refractivity contribution < 1.29 is 37.8 Å². The van der Waals surface area contributed by atoms with Crippen molar-refractivity contribution >= 4 is 29.1 Å². The highest BCUT2D eigenvalue weighted by Crippen LogP contribution is 2.60. The van der Waals surface area contributed by atoms with Gasteiger partial charge in [0.05, 0.1) is 49.6 Å². The van der Waals surface area contributed by atoms with Gasteiger partial charge in [0, 0.05) is 35.0 Å². The highest BCUT2D eigenvalue weighted by molar-refractivity contribution is 5.88. The summed E-state index contributed by atoms with van der Waals surface area (Å²) in [6.07, 6.45) is 5.81. The number of alkyl halides is 2. The molecule has 3 amide bonds. The molecule has 3 aliphatic carbocycles. The van der Waals surface area contributed by atoms with Gasteiger partial charge in [0.25, 0.3) is 5.92 Å². The summed E-state index contributed by atoms with van der Waals surface area (Å²) in [6, 6.07) is 13.9. The van der Waals surface area contributed by atoms with Gasteiger partial charge in [-0.15, -0.1) is 0 Å². The molecular formula is C50H56F2N8O6. The third-order valence-electron chi connectivity index (χ3n) is 15.0. The Morgan fingerprint density at radius 3 is 2.15 bits per heavy atom. The van der Waals surface area contributed by atoms with E-state index in [1.54, 1.807) is 24.3 Å². The predicted octanol–water partition coefficient (Wildman–Crippen LogP) is 9.31. The van der Waals surface area contributed by atoms with Crippen molar-refractivity contribution in [3.05, 3.63) is 95.8 Å². The lowest BCUT2D eigenvalue weighted by atomic mass is 9.95. The van der Waals surface area contributed by atoms with E-state index in [4.69, 9.17) is 14.5 Å². The number of benzene rings is 3. The maximum atomic E-state index is 16.7. The average Bonchev–Trinajstić information content (AvgIpc) is 3.91. The number of nitrogens with zero attached hydrogens (tertiary/aromatic N) is 5. The van der Waals surface area contributed by atoms with Crippen LogP contribution in [-0.2, 0) is 20.2 Å². The van der Waals surface area contributed by atoms with E-state index in [1.165, 1.54) is 26.5 Å². The molecule has 10 rings (SSSR count). The van der Waals surface area contributed by atoms with Crippen LogP contribution >= 0.6 is 0 Å². The molecular weight excluding hydrogens is 847 g/mol. The summed E-state index contributed by atoms with van der Waals surface area (Å²) in [5, 5.41) is 17.4. The molecule has 4 heterocycles. The van der Waals surface area contributed by atoms with Gasteiger partial charge in [-0.05, 0) is 108 Å². The number of rotatable bonds is 11. The van der Waals surface area contributed by atoms with Crippen molar-refractivity contribution in [2.24, 2.45) is 23.2 Å². The van der Waals surface area contributed by atoms with E-state index in [2.05, 4.69) is 32.1 Å². The molecule has 5 aliphatic rings. The van der Waals surface area contributed by atoms with Crippen molar-refractivity contribution in [2.45, 2.75) is 102 Å². The number of hydrogen-bond acceptors (Lipinski definition) is 9. The Morgan fingerprint density at radius 1 is 0.879 bits per heavy atom. The van der Waals surface area contributed by atoms with Crippen molar-refractivity contribution in [1.29, 1.82) is 0 Å². The second-order valence-corrected chi connectivity index (χ2v) is 19.7. The van der Waals surface area contributed by atoms with Crippen LogP contribution in [0.5, 0.6) is 0 Å². The first-order valence-corrected chi connectivity index (χ1v) is 22.9. The summed E-state index contributed by atoms with van der Waals surface area (Å²) in [5.41, 5.74) is 4.79. The van der Waals surface area contributed by atoms with Gasteiger partial charge >= 0.3 is 12.2 Å². The Bertz CT molecular complexity index is 2800. The van der Waals surface area contributed by atoms with E-state index < -0.39 is 30.2 Å². The molecule has 16 heteroatoms. The number of carbonyl (C=O) groups excluding carboxylic acids is 3. The lowest BCUT2D eigenvalue weighted by Crippen LogP contribution is -2.54. The summed E-state index contributed by atoms with van der Waals surface area (Å²) in [6.45, 7) is 12.9. The number of halogens is 2. The van der Waals surface area contributed by atoms with Gasteiger partial charge in [0.1, 0.15) is 17.6 Å². The lowest BCUT2D eigenvalue weighted by Gasteiger charge is -2.37. The van der Waals surface area contributed by atoms with E-state index in [0.717, 1.165) is 54.3 Å². The highest BCUT2D eigenvalue weighted by atomic mass is 19.3. The molecule has 346 valence electrons. The number of amides is 3. The van der Waals surface area contributed by atoms with Crippen LogP contribution in [0.2, 0.25) is 0 Å². The highest BCUT2D eigenvalue weighted by Gasteiger charge is 2.55. The van der Waals surface area contributed by atoms with Gasteiger partial charge < -0.3 is 40.1 Å². The zero-order chi connectivity index (χ0) is 46.6. The van der Waals surface area contributed by atoms with Crippen molar-refractivity contribution in [3.63, 3.8) is 0 Å². The summed E-state index contributed by atoms with van der Waals surface area (Å²) in [4.78, 5) is 55.7. The molecule has 3 aromatic carbocycles. The van der Waals surface area contributed by atoms with E-state index >= 15 is 8.78 Å². The molecule has 0 unspecified atom stereocenters. The number of fused-ring (bicyclic) bond motifs is 6. The SMILES string of the molecule is C=C([C@@H](NC(=O)OC)C(C)C)N1CC2(CC2)C[C@H]1c1ncc(-c2ccc3c(c2)C(F)(F)c2cc(-c4ccc5nc([C@@H]6[C@H]7CC[C@H](C7)N6C(=O)[C@@H](NC(=O)OC)C(C)C)[nH]c5c4)ccc2-3)n1O. The largest absolute Gasteiger partial charge is 0.453 e. The molecule has 6 atom stereocenters. The molecule has 14 nitrogen and oxygen atoms in total. The number of methoxy groups -OCH3 is 2. The van der Waals surface area contributed by atoms with Gasteiger partial charge in [-0.2, -0.15) is 13.5 Å². The van der Waals surface area contributed by atoms with Gasteiger partial charge in [-0.1, -0.05) is 64.6 Å². The first-order valence-electron chi connectivity index (χ1n) is 22.9. The summed E-state index contributed by atoms with van der Waals surface area (Å²) >= 11 is 0. The predicted molar refractivity (Wildman–Crippen MR) is 242 cm³/mol. The third kappa shape index (κ3) is 7.05. The number of carbonyl (C=O) groups is 3. The van der Waals surface area contributed by atoms with E-state index in [0.29, 0.717) is 57.4 Å². The van der Waals surface area contributed by atoms with Gasteiger partial charge in [0.15, 0.2) is 5.82 Å². The quantitative estimate of drug-likeness (QED) is 0.0945. The van der Waals surface area contributed by atoms with Crippen LogP contribution in [0.3, 0.4) is 0 Å². The summed E-state index contributed by atoms with van der Waals surface area (Å²) in [7, 11) is 2.60. The number of ether oxygens (including phenoxy) is 2. The molecule has 1 spiro atoms. The molecule has 2 bridgehead atoms. The first kappa shape index (κ1) is 43.4. The molecule has 5 aromatic rings. The normalized spacial score (nSPS) is 22.8. The van der Waals surface area contributed by atoms with E-state index in [1.807, 2.05) is 56.9 Å². The maximum absolute atomic E-state index is 16.7. The van der Waals surface area contributed by atoms with Gasteiger partial charge in [-0.3, -0.25) is 4.79 Å². The van der Waals surface area contributed by atoms with Crippen molar-refractivity contribution in [3.8, 4) is 33.5 Å². The Balaban J connectivity index is 0.909. The second kappa shape index (κ2) is 15.9. The number of hydrogen-bond donors (Lipinski definition) is 4. The number of alkyl carbamates (subject to hydrolysis) is 2. The lowest BCUT2D eigenvalue weighted by molar-refractivity contribution is -0.139. The smallest absolute Gasteiger partial charge is 0.407 e. The Hall–Kier alpha value is -6.45. The van der Waals surface area contributed by atoms with Crippen LogP contribution in [0.25, 0.3) is 44.5 Å². The second-order valence-electron chi connectivity index (χ2n) is 19.7. The van der Waals surface area contributed by atoms with Crippen LogP contribution in [0.4, 0.5) is 18.4 Å². The summed E-state index contributed by atoms with van der Waals surface area (Å²) < 4.78 is 44.2. The molecule has 2 aromatic heterocycles. The molecule has 4 N–H and O–H groups in total. The van der Waals surface area contributed by atoms with Crippen LogP contribution in [0.15, 0.2) is 73.1 Å². The standard InChI is InChI=1S/C50H56F2N8O6/c1-25(2)41(56-47(62)65-6)27(5)58-24-49(16-17-49)22-39(58)45-53-23-40(60(45)64)30-10-14-34-33-13-9-28(19-35(33)50(51,52)36(34)20-30)29-11-15-37-38(21-29)55-44(54-37)43-31-8-12-32(18-31)59(43)46(61)42(26(3)4)57-48(63)66-7/h9-11,13-15,19-21,23,25-26,31-32,39,41-43,64H,5,8,12,16-18,22,24H2,1-4,6-7H3,(H,54,55)(H,56,62)(H,57,63)/t31-,32+,39-,41-,42-,43-/m0/s1. The van der Waals surface area contributed by atoms with E-state index in [9.17, 15) is 19.6 Å². The molecule has 4 fully saturated rings. The van der Waals surface area contributed by atoms with E-state index in [-0.39, 0.29) is 58.3 Å².